The Morgan fingerprint density at radius 3 is 2.38 bits per heavy atom. The molecule has 21 heavy (non-hydrogen) atoms. The van der Waals surface area contributed by atoms with Gasteiger partial charge in [-0.15, -0.1) is 0 Å². The van der Waals surface area contributed by atoms with Crippen LogP contribution in [0.4, 0.5) is 5.69 Å². The van der Waals surface area contributed by atoms with Gasteiger partial charge in [-0.2, -0.15) is 0 Å². The molecule has 1 atom stereocenters. The van der Waals surface area contributed by atoms with Crippen molar-refractivity contribution < 1.29 is 9.47 Å². The lowest BCUT2D eigenvalue weighted by atomic mass is 9.90. The lowest BCUT2D eigenvalue weighted by Gasteiger charge is -2.33. The van der Waals surface area contributed by atoms with Gasteiger partial charge in [0.25, 0.3) is 0 Å². The Bertz CT molecular complexity index is 474. The molecule has 1 aliphatic heterocycles. The van der Waals surface area contributed by atoms with Gasteiger partial charge in [-0.05, 0) is 51.9 Å². The molecule has 0 aliphatic carbocycles. The van der Waals surface area contributed by atoms with Crippen molar-refractivity contribution in [3.63, 3.8) is 0 Å². The zero-order chi connectivity index (χ0) is 15.4. The fourth-order valence-electron chi connectivity index (χ4n) is 2.86. The predicted molar refractivity (Wildman–Crippen MR) is 87.9 cm³/mol. The van der Waals surface area contributed by atoms with Crippen LogP contribution >= 0.6 is 11.6 Å². The van der Waals surface area contributed by atoms with E-state index in [1.54, 1.807) is 14.2 Å². The van der Waals surface area contributed by atoms with Crippen LogP contribution in [-0.2, 0) is 0 Å². The average Bonchev–Trinajstić information content (AvgIpc) is 2.48. The first-order chi connectivity index (χ1) is 10.0. The molecule has 1 unspecified atom stereocenters. The number of piperidine rings is 1. The van der Waals surface area contributed by atoms with E-state index < -0.39 is 0 Å². The summed E-state index contributed by atoms with van der Waals surface area (Å²) in [5.74, 6) is 2.06. The zero-order valence-corrected chi connectivity index (χ0v) is 14.0. The second-order valence-corrected chi connectivity index (χ2v) is 6.17. The zero-order valence-electron chi connectivity index (χ0n) is 13.3. The van der Waals surface area contributed by atoms with Crippen LogP contribution in [0.1, 0.15) is 19.8 Å². The van der Waals surface area contributed by atoms with E-state index in [0.29, 0.717) is 22.7 Å². The van der Waals surface area contributed by atoms with Crippen LogP contribution < -0.4 is 14.8 Å². The van der Waals surface area contributed by atoms with Crippen molar-refractivity contribution in [1.29, 1.82) is 0 Å². The van der Waals surface area contributed by atoms with Crippen LogP contribution in [-0.4, -0.2) is 45.3 Å². The third-order valence-corrected chi connectivity index (χ3v) is 4.62. The van der Waals surface area contributed by atoms with E-state index in [-0.39, 0.29) is 0 Å². The number of hydrogen-bond acceptors (Lipinski definition) is 4. The van der Waals surface area contributed by atoms with Gasteiger partial charge in [-0.3, -0.25) is 0 Å². The molecular formula is C16H25ClN2O2. The van der Waals surface area contributed by atoms with Gasteiger partial charge in [-0.1, -0.05) is 11.6 Å². The summed E-state index contributed by atoms with van der Waals surface area (Å²) in [7, 11) is 5.45. The highest BCUT2D eigenvalue weighted by molar-refractivity contribution is 6.32. The molecule has 1 fully saturated rings. The van der Waals surface area contributed by atoms with Crippen molar-refractivity contribution in [2.75, 3.05) is 39.7 Å². The molecule has 0 amide bonds. The summed E-state index contributed by atoms with van der Waals surface area (Å²) in [5.41, 5.74) is 0.926. The van der Waals surface area contributed by atoms with E-state index >= 15 is 0 Å². The third kappa shape index (κ3) is 3.95. The number of likely N-dealkylation sites (tertiary alicyclic amines) is 1. The standard InChI is InChI=1S/C16H25ClN2O2/c1-11(12-5-7-19(2)8-6-12)18-14-9-13(17)15(20-3)10-16(14)21-4/h9-12,18H,5-8H2,1-4H3. The molecule has 118 valence electrons. The fourth-order valence-corrected chi connectivity index (χ4v) is 3.11. The summed E-state index contributed by atoms with van der Waals surface area (Å²) in [6, 6.07) is 4.09. The molecule has 0 spiro atoms. The Kier molecular flexibility index (Phi) is 5.59. The van der Waals surface area contributed by atoms with Gasteiger partial charge in [0.15, 0.2) is 0 Å². The van der Waals surface area contributed by atoms with Gasteiger partial charge in [0.2, 0.25) is 0 Å². The topological polar surface area (TPSA) is 33.7 Å². The number of nitrogens with one attached hydrogen (secondary N) is 1. The summed E-state index contributed by atoms with van der Waals surface area (Å²) in [6.45, 7) is 4.56. The third-order valence-electron chi connectivity index (χ3n) is 4.33. The number of halogens is 1. The minimum Gasteiger partial charge on any atom is -0.495 e. The van der Waals surface area contributed by atoms with Crippen molar-refractivity contribution in [3.8, 4) is 11.5 Å². The number of nitrogens with zero attached hydrogens (tertiary/aromatic N) is 1. The molecule has 0 saturated carbocycles. The highest BCUT2D eigenvalue weighted by atomic mass is 35.5. The maximum Gasteiger partial charge on any atom is 0.145 e. The summed E-state index contributed by atoms with van der Waals surface area (Å²) >= 11 is 6.22. The molecule has 5 heteroatoms. The highest BCUT2D eigenvalue weighted by Crippen LogP contribution is 2.37. The average molecular weight is 313 g/mol. The molecule has 1 aromatic rings. The maximum atomic E-state index is 6.22. The van der Waals surface area contributed by atoms with Crippen molar-refractivity contribution in [1.82, 2.24) is 4.90 Å². The molecule has 1 aromatic carbocycles. The van der Waals surface area contributed by atoms with Crippen LogP contribution in [0.2, 0.25) is 5.02 Å². The summed E-state index contributed by atoms with van der Waals surface area (Å²) in [6.07, 6.45) is 2.44. The van der Waals surface area contributed by atoms with E-state index in [9.17, 15) is 0 Å². The summed E-state index contributed by atoms with van der Waals surface area (Å²) in [5, 5.41) is 4.15. The summed E-state index contributed by atoms with van der Waals surface area (Å²) < 4.78 is 10.7. The molecule has 4 nitrogen and oxygen atoms in total. The molecular weight excluding hydrogens is 288 g/mol. The monoisotopic (exact) mass is 312 g/mol. The molecule has 1 N–H and O–H groups in total. The smallest absolute Gasteiger partial charge is 0.145 e. The van der Waals surface area contributed by atoms with E-state index in [2.05, 4.69) is 24.2 Å². The number of anilines is 1. The van der Waals surface area contributed by atoms with E-state index in [1.807, 2.05) is 12.1 Å². The predicted octanol–water partition coefficient (Wildman–Crippen LogP) is 3.50. The number of ether oxygens (including phenoxy) is 2. The Labute approximate surface area is 132 Å². The first-order valence-electron chi connectivity index (χ1n) is 7.41. The number of benzene rings is 1. The first-order valence-corrected chi connectivity index (χ1v) is 7.79. The number of methoxy groups -OCH3 is 2. The van der Waals surface area contributed by atoms with E-state index in [0.717, 1.165) is 24.5 Å². The van der Waals surface area contributed by atoms with Crippen molar-refractivity contribution >= 4 is 17.3 Å². The molecule has 1 heterocycles. The van der Waals surface area contributed by atoms with E-state index in [1.165, 1.54) is 12.8 Å². The van der Waals surface area contributed by atoms with Crippen LogP contribution in [0.5, 0.6) is 11.5 Å². The molecule has 0 radical (unpaired) electrons. The minimum absolute atomic E-state index is 0.386. The Morgan fingerprint density at radius 2 is 1.81 bits per heavy atom. The lowest BCUT2D eigenvalue weighted by molar-refractivity contribution is 0.208. The van der Waals surface area contributed by atoms with Crippen LogP contribution in [0.15, 0.2) is 12.1 Å². The summed E-state index contributed by atoms with van der Waals surface area (Å²) in [4.78, 5) is 2.38. The number of rotatable bonds is 5. The van der Waals surface area contributed by atoms with Crippen LogP contribution in [0, 0.1) is 5.92 Å². The molecule has 0 aromatic heterocycles. The van der Waals surface area contributed by atoms with Crippen molar-refractivity contribution in [3.05, 3.63) is 17.2 Å². The van der Waals surface area contributed by atoms with Gasteiger partial charge in [0, 0.05) is 12.1 Å². The maximum absolute atomic E-state index is 6.22. The van der Waals surface area contributed by atoms with Gasteiger partial charge in [0.1, 0.15) is 11.5 Å². The Morgan fingerprint density at radius 1 is 1.19 bits per heavy atom. The first kappa shape index (κ1) is 16.2. The second kappa shape index (κ2) is 7.23. The SMILES string of the molecule is COc1cc(OC)c(NC(C)C2CCN(C)CC2)cc1Cl. The second-order valence-electron chi connectivity index (χ2n) is 5.76. The van der Waals surface area contributed by atoms with Crippen LogP contribution in [0.25, 0.3) is 0 Å². The van der Waals surface area contributed by atoms with Crippen molar-refractivity contribution in [2.24, 2.45) is 5.92 Å². The molecule has 0 bridgehead atoms. The quantitative estimate of drug-likeness (QED) is 0.902. The Hall–Kier alpha value is -1.13. The van der Waals surface area contributed by atoms with Gasteiger partial charge in [-0.25, -0.2) is 0 Å². The minimum atomic E-state index is 0.386. The van der Waals surface area contributed by atoms with Crippen molar-refractivity contribution in [2.45, 2.75) is 25.8 Å². The number of hydrogen-bond donors (Lipinski definition) is 1. The van der Waals surface area contributed by atoms with Gasteiger partial charge < -0.3 is 19.7 Å². The largest absolute Gasteiger partial charge is 0.495 e. The molecule has 1 saturated heterocycles. The normalized spacial score (nSPS) is 18.3. The Balaban J connectivity index is 2.09. The highest BCUT2D eigenvalue weighted by Gasteiger charge is 2.23. The van der Waals surface area contributed by atoms with Gasteiger partial charge in [0.05, 0.1) is 24.9 Å². The van der Waals surface area contributed by atoms with E-state index in [4.69, 9.17) is 21.1 Å². The van der Waals surface area contributed by atoms with Gasteiger partial charge >= 0.3 is 0 Å². The van der Waals surface area contributed by atoms with Crippen LogP contribution in [0.3, 0.4) is 0 Å². The molecule has 1 aliphatic rings. The fraction of sp³-hybridized carbons (Fsp3) is 0.625. The lowest BCUT2D eigenvalue weighted by Crippen LogP contribution is -2.37. The molecule has 2 rings (SSSR count).